The van der Waals surface area contributed by atoms with Crippen LogP contribution in [-0.2, 0) is 4.79 Å². The van der Waals surface area contributed by atoms with E-state index in [1.807, 2.05) is 26.1 Å². The molecule has 1 fully saturated rings. The van der Waals surface area contributed by atoms with Crippen LogP contribution in [0.3, 0.4) is 0 Å². The van der Waals surface area contributed by atoms with E-state index < -0.39 is 5.97 Å². The van der Waals surface area contributed by atoms with Crippen LogP contribution in [0.5, 0.6) is 0 Å². The molecule has 2 atom stereocenters. The average Bonchev–Trinajstić information content (AvgIpc) is 2.66. The Morgan fingerprint density at radius 1 is 1.53 bits per heavy atom. The number of carbonyl (C=O) groups is 1. The Balaban J connectivity index is 2.02. The summed E-state index contributed by atoms with van der Waals surface area (Å²) in [5.41, 5.74) is 1.52. The smallest absolute Gasteiger partial charge is 0.307 e. The van der Waals surface area contributed by atoms with Crippen molar-refractivity contribution in [3.8, 4) is 0 Å². The maximum absolute atomic E-state index is 11.1. The number of rotatable bonds is 2. The lowest BCUT2D eigenvalue weighted by Gasteiger charge is -2.02. The molecule has 0 bridgehead atoms. The summed E-state index contributed by atoms with van der Waals surface area (Å²) >= 11 is 0. The molecule has 2 heterocycles. The van der Waals surface area contributed by atoms with Gasteiger partial charge < -0.3 is 5.11 Å². The van der Waals surface area contributed by atoms with Gasteiger partial charge in [-0.1, -0.05) is 13.8 Å². The second-order valence-corrected chi connectivity index (χ2v) is 5.14. The number of hydrogen-bond acceptors (Lipinski definition) is 3. The van der Waals surface area contributed by atoms with E-state index in [0.717, 1.165) is 11.2 Å². The van der Waals surface area contributed by atoms with E-state index in [4.69, 9.17) is 5.11 Å². The molecule has 1 saturated carbocycles. The van der Waals surface area contributed by atoms with Gasteiger partial charge in [-0.05, 0) is 11.0 Å². The quantitative estimate of drug-likeness (QED) is 0.851. The van der Waals surface area contributed by atoms with Crippen molar-refractivity contribution >= 4 is 11.6 Å². The van der Waals surface area contributed by atoms with Gasteiger partial charge in [-0.3, -0.25) is 4.79 Å². The number of aromatic nitrogens is 3. The average molecular weight is 231 g/mol. The van der Waals surface area contributed by atoms with Gasteiger partial charge in [0.2, 0.25) is 0 Å². The molecule has 2 aromatic heterocycles. The molecular weight excluding hydrogens is 218 g/mol. The standard InChI is InChI=1S/C12H13N3O2/c1-12(2)9(10(12)11(16)17)7-5-13-8-3-4-14-15(8)6-7/h3-6,9-10H,1-2H3,(H,16,17)/t9-,10+/m1/s1. The minimum absolute atomic E-state index is 0.0288. The van der Waals surface area contributed by atoms with Crippen molar-refractivity contribution in [1.29, 1.82) is 0 Å². The van der Waals surface area contributed by atoms with E-state index in [-0.39, 0.29) is 17.3 Å². The van der Waals surface area contributed by atoms with Crippen LogP contribution in [0.2, 0.25) is 0 Å². The topological polar surface area (TPSA) is 67.5 Å². The van der Waals surface area contributed by atoms with E-state index in [9.17, 15) is 4.79 Å². The zero-order chi connectivity index (χ0) is 12.2. The Labute approximate surface area is 98.1 Å². The second-order valence-electron chi connectivity index (χ2n) is 5.14. The lowest BCUT2D eigenvalue weighted by Crippen LogP contribution is -2.03. The fourth-order valence-corrected chi connectivity index (χ4v) is 2.71. The molecule has 3 rings (SSSR count). The molecule has 0 amide bonds. The Morgan fingerprint density at radius 2 is 2.29 bits per heavy atom. The first kappa shape index (κ1) is 10.3. The Kier molecular flexibility index (Phi) is 1.85. The van der Waals surface area contributed by atoms with Gasteiger partial charge in [-0.2, -0.15) is 5.10 Å². The van der Waals surface area contributed by atoms with Crippen molar-refractivity contribution in [2.45, 2.75) is 19.8 Å². The summed E-state index contributed by atoms with van der Waals surface area (Å²) < 4.78 is 1.68. The van der Waals surface area contributed by atoms with Gasteiger partial charge in [0.15, 0.2) is 5.65 Å². The van der Waals surface area contributed by atoms with Crippen LogP contribution in [0.15, 0.2) is 24.7 Å². The lowest BCUT2D eigenvalue weighted by molar-refractivity contribution is -0.139. The molecule has 0 spiro atoms. The fraction of sp³-hybridized carbons (Fsp3) is 0.417. The van der Waals surface area contributed by atoms with Crippen molar-refractivity contribution in [3.63, 3.8) is 0 Å². The van der Waals surface area contributed by atoms with E-state index in [0.29, 0.717) is 0 Å². The normalized spacial score (nSPS) is 26.0. The molecule has 0 radical (unpaired) electrons. The van der Waals surface area contributed by atoms with E-state index in [1.54, 1.807) is 16.9 Å². The molecule has 88 valence electrons. The van der Waals surface area contributed by atoms with Crippen LogP contribution in [0.1, 0.15) is 25.3 Å². The molecule has 0 saturated heterocycles. The third-order valence-electron chi connectivity index (χ3n) is 3.72. The molecule has 0 aliphatic heterocycles. The summed E-state index contributed by atoms with van der Waals surface area (Å²) in [4.78, 5) is 15.4. The van der Waals surface area contributed by atoms with Crippen molar-refractivity contribution in [3.05, 3.63) is 30.2 Å². The molecule has 2 aromatic rings. The Bertz CT molecular complexity index is 603. The van der Waals surface area contributed by atoms with Gasteiger partial charge in [-0.25, -0.2) is 9.50 Å². The van der Waals surface area contributed by atoms with Gasteiger partial charge in [-0.15, -0.1) is 0 Å². The highest BCUT2D eigenvalue weighted by Gasteiger charge is 2.62. The van der Waals surface area contributed by atoms with Gasteiger partial charge in [0.1, 0.15) is 0 Å². The van der Waals surface area contributed by atoms with Crippen molar-refractivity contribution < 1.29 is 9.90 Å². The number of carboxylic acid groups (broad SMARTS) is 1. The number of hydrogen-bond donors (Lipinski definition) is 1. The molecule has 5 heteroatoms. The molecule has 1 aliphatic carbocycles. The predicted octanol–water partition coefficient (Wildman–Crippen LogP) is 1.55. The van der Waals surface area contributed by atoms with E-state index in [1.165, 1.54) is 0 Å². The number of fused-ring (bicyclic) bond motifs is 1. The SMILES string of the molecule is CC1(C)[C@H](C(=O)O)[C@H]1c1cnc2ccnn2c1. The maximum atomic E-state index is 11.1. The molecule has 0 unspecified atom stereocenters. The minimum Gasteiger partial charge on any atom is -0.481 e. The maximum Gasteiger partial charge on any atom is 0.307 e. The first-order chi connectivity index (χ1) is 8.01. The van der Waals surface area contributed by atoms with Crippen LogP contribution in [-0.4, -0.2) is 25.7 Å². The van der Waals surface area contributed by atoms with Crippen LogP contribution < -0.4 is 0 Å². The molecular formula is C12H13N3O2. The van der Waals surface area contributed by atoms with Gasteiger partial charge in [0, 0.05) is 24.4 Å². The number of nitrogens with zero attached hydrogens (tertiary/aromatic N) is 3. The summed E-state index contributed by atoms with van der Waals surface area (Å²) in [6.45, 7) is 3.95. The first-order valence-electron chi connectivity index (χ1n) is 5.54. The van der Waals surface area contributed by atoms with Crippen molar-refractivity contribution in [2.24, 2.45) is 11.3 Å². The van der Waals surface area contributed by atoms with Crippen LogP contribution in [0.4, 0.5) is 0 Å². The highest BCUT2D eigenvalue weighted by Crippen LogP contribution is 2.64. The van der Waals surface area contributed by atoms with Crippen molar-refractivity contribution in [1.82, 2.24) is 14.6 Å². The van der Waals surface area contributed by atoms with Crippen LogP contribution in [0, 0.1) is 11.3 Å². The third-order valence-corrected chi connectivity index (χ3v) is 3.72. The molecule has 5 nitrogen and oxygen atoms in total. The van der Waals surface area contributed by atoms with Gasteiger partial charge >= 0.3 is 5.97 Å². The number of aliphatic carboxylic acids is 1. The van der Waals surface area contributed by atoms with E-state index in [2.05, 4.69) is 10.1 Å². The Morgan fingerprint density at radius 3 is 2.94 bits per heavy atom. The fourth-order valence-electron chi connectivity index (χ4n) is 2.71. The summed E-state index contributed by atoms with van der Waals surface area (Å²) in [6.07, 6.45) is 5.31. The van der Waals surface area contributed by atoms with Crippen LogP contribution >= 0.6 is 0 Å². The van der Waals surface area contributed by atoms with Crippen molar-refractivity contribution in [2.75, 3.05) is 0 Å². The van der Waals surface area contributed by atoms with Gasteiger partial charge in [0.25, 0.3) is 0 Å². The Hall–Kier alpha value is -1.91. The zero-order valence-corrected chi connectivity index (χ0v) is 9.66. The van der Waals surface area contributed by atoms with Crippen LogP contribution in [0.25, 0.3) is 5.65 Å². The highest BCUT2D eigenvalue weighted by molar-refractivity contribution is 5.77. The van der Waals surface area contributed by atoms with Gasteiger partial charge in [0.05, 0.1) is 12.1 Å². The third kappa shape index (κ3) is 1.35. The monoisotopic (exact) mass is 231 g/mol. The summed E-state index contributed by atoms with van der Waals surface area (Å²) in [7, 11) is 0. The molecule has 1 N–H and O–H groups in total. The molecule has 17 heavy (non-hydrogen) atoms. The summed E-state index contributed by atoms with van der Waals surface area (Å²) in [6, 6.07) is 1.82. The summed E-state index contributed by atoms with van der Waals surface area (Å²) in [5, 5.41) is 13.3. The second kappa shape index (κ2) is 3.06. The highest BCUT2D eigenvalue weighted by atomic mass is 16.4. The number of carboxylic acids is 1. The lowest BCUT2D eigenvalue weighted by atomic mass is 10.1. The zero-order valence-electron chi connectivity index (χ0n) is 9.66. The largest absolute Gasteiger partial charge is 0.481 e. The summed E-state index contributed by atoms with van der Waals surface area (Å²) in [5.74, 6) is -1.03. The molecule has 0 aromatic carbocycles. The minimum atomic E-state index is -0.736. The predicted molar refractivity (Wildman–Crippen MR) is 60.6 cm³/mol. The first-order valence-corrected chi connectivity index (χ1v) is 5.54. The van der Waals surface area contributed by atoms with E-state index >= 15 is 0 Å². The molecule has 1 aliphatic rings.